The molecular formula is C20H22FN3O5S. The third-order valence-corrected chi connectivity index (χ3v) is 7.44. The van der Waals surface area contributed by atoms with Crippen LogP contribution >= 0.6 is 0 Å². The van der Waals surface area contributed by atoms with Gasteiger partial charge in [0.15, 0.2) is 5.76 Å². The number of benzene rings is 1. The summed E-state index contributed by atoms with van der Waals surface area (Å²) in [5.41, 5.74) is 0. The molecule has 2 amide bonds. The van der Waals surface area contributed by atoms with E-state index in [0.29, 0.717) is 39.0 Å². The zero-order valence-corrected chi connectivity index (χ0v) is 17.1. The molecule has 2 saturated heterocycles. The predicted molar refractivity (Wildman–Crippen MR) is 105 cm³/mol. The number of carbonyl (C=O) groups is 2. The van der Waals surface area contributed by atoms with Gasteiger partial charge in [-0.15, -0.1) is 0 Å². The third-order valence-electron chi connectivity index (χ3n) is 5.52. The number of carbonyl (C=O) groups excluding carboxylic acids is 2. The lowest BCUT2D eigenvalue weighted by atomic mass is 10.2. The molecule has 0 aliphatic carbocycles. The number of rotatable bonds is 4. The van der Waals surface area contributed by atoms with Crippen LogP contribution in [-0.4, -0.2) is 73.1 Å². The number of hydrogen-bond acceptors (Lipinski definition) is 5. The van der Waals surface area contributed by atoms with E-state index in [2.05, 4.69) is 0 Å². The Bertz CT molecular complexity index is 1020. The van der Waals surface area contributed by atoms with Gasteiger partial charge < -0.3 is 14.2 Å². The summed E-state index contributed by atoms with van der Waals surface area (Å²) in [6, 6.07) is 7.06. The van der Waals surface area contributed by atoms with Crippen molar-refractivity contribution in [2.75, 3.05) is 32.7 Å². The summed E-state index contributed by atoms with van der Waals surface area (Å²) in [7, 11) is -3.90. The van der Waals surface area contributed by atoms with Gasteiger partial charge in [0.25, 0.3) is 5.91 Å². The summed E-state index contributed by atoms with van der Waals surface area (Å²) >= 11 is 0. The largest absolute Gasteiger partial charge is 0.459 e. The fourth-order valence-electron chi connectivity index (χ4n) is 3.91. The molecule has 3 heterocycles. The van der Waals surface area contributed by atoms with Crippen LogP contribution in [-0.2, 0) is 14.8 Å². The summed E-state index contributed by atoms with van der Waals surface area (Å²) in [6.45, 7) is 1.59. The average Bonchev–Trinajstić information content (AvgIpc) is 3.45. The van der Waals surface area contributed by atoms with Crippen molar-refractivity contribution in [3.63, 3.8) is 0 Å². The number of amides is 2. The van der Waals surface area contributed by atoms with E-state index >= 15 is 0 Å². The van der Waals surface area contributed by atoms with E-state index in [4.69, 9.17) is 4.42 Å². The second-order valence-corrected chi connectivity index (χ2v) is 9.21. The maximum Gasteiger partial charge on any atom is 0.289 e. The van der Waals surface area contributed by atoms with Gasteiger partial charge in [-0.05, 0) is 49.2 Å². The molecule has 1 atom stereocenters. The molecule has 8 nitrogen and oxygen atoms in total. The Labute approximate surface area is 173 Å². The lowest BCUT2D eigenvalue weighted by Gasteiger charge is -2.36. The standard InChI is InChI=1S/C20H22FN3O5S/c21-15-5-7-16(8-6-15)30(27,28)24-9-1-3-17(24)19(25)22-10-12-23(13-11-22)20(26)18-4-2-14-29-18/h2,4-8,14,17H,1,3,9-13H2. The Morgan fingerprint density at radius 2 is 1.63 bits per heavy atom. The van der Waals surface area contributed by atoms with Crippen molar-refractivity contribution in [1.29, 1.82) is 0 Å². The van der Waals surface area contributed by atoms with Crippen LogP contribution in [0.2, 0.25) is 0 Å². The normalized spacial score (nSPS) is 20.5. The monoisotopic (exact) mass is 435 g/mol. The molecule has 0 radical (unpaired) electrons. The smallest absolute Gasteiger partial charge is 0.289 e. The Balaban J connectivity index is 1.43. The lowest BCUT2D eigenvalue weighted by Crippen LogP contribution is -2.55. The van der Waals surface area contributed by atoms with Crippen molar-refractivity contribution in [2.45, 2.75) is 23.8 Å². The number of piperazine rings is 1. The van der Waals surface area contributed by atoms with Crippen LogP contribution in [0.3, 0.4) is 0 Å². The molecule has 1 unspecified atom stereocenters. The van der Waals surface area contributed by atoms with Crippen molar-refractivity contribution in [3.8, 4) is 0 Å². The summed E-state index contributed by atoms with van der Waals surface area (Å²) in [5.74, 6) is -0.760. The van der Waals surface area contributed by atoms with Gasteiger partial charge >= 0.3 is 0 Å². The molecular weight excluding hydrogens is 413 g/mol. The molecule has 2 aliphatic rings. The minimum absolute atomic E-state index is 0.0301. The first kappa shape index (κ1) is 20.5. The molecule has 0 saturated carbocycles. The summed E-state index contributed by atoms with van der Waals surface area (Å²) < 4.78 is 45.5. The molecule has 2 fully saturated rings. The van der Waals surface area contributed by atoms with Crippen LogP contribution in [0.5, 0.6) is 0 Å². The second kappa shape index (κ2) is 8.19. The summed E-state index contributed by atoms with van der Waals surface area (Å²) in [6.07, 6.45) is 2.45. The highest BCUT2D eigenvalue weighted by Gasteiger charge is 2.41. The minimum atomic E-state index is -3.90. The van der Waals surface area contributed by atoms with Crippen LogP contribution in [0, 0.1) is 5.82 Å². The molecule has 30 heavy (non-hydrogen) atoms. The highest BCUT2D eigenvalue weighted by Crippen LogP contribution is 2.28. The summed E-state index contributed by atoms with van der Waals surface area (Å²) in [4.78, 5) is 28.6. The topological polar surface area (TPSA) is 91.1 Å². The average molecular weight is 435 g/mol. The number of hydrogen-bond donors (Lipinski definition) is 0. The van der Waals surface area contributed by atoms with E-state index in [1.165, 1.54) is 22.7 Å². The van der Waals surface area contributed by atoms with Crippen LogP contribution < -0.4 is 0 Å². The Morgan fingerprint density at radius 1 is 0.967 bits per heavy atom. The van der Waals surface area contributed by atoms with E-state index in [1.807, 2.05) is 0 Å². The highest BCUT2D eigenvalue weighted by atomic mass is 32.2. The maximum atomic E-state index is 13.2. The lowest BCUT2D eigenvalue weighted by molar-refractivity contribution is -0.136. The van der Waals surface area contributed by atoms with E-state index in [1.54, 1.807) is 21.9 Å². The molecule has 2 aliphatic heterocycles. The fourth-order valence-corrected chi connectivity index (χ4v) is 5.56. The highest BCUT2D eigenvalue weighted by molar-refractivity contribution is 7.89. The van der Waals surface area contributed by atoms with Gasteiger partial charge in [0.2, 0.25) is 15.9 Å². The first-order chi connectivity index (χ1) is 14.4. The van der Waals surface area contributed by atoms with Crippen molar-refractivity contribution < 1.29 is 26.8 Å². The van der Waals surface area contributed by atoms with E-state index in [0.717, 1.165) is 12.1 Å². The predicted octanol–water partition coefficient (Wildman–Crippen LogP) is 1.56. The molecule has 4 rings (SSSR count). The molecule has 0 bridgehead atoms. The van der Waals surface area contributed by atoms with Gasteiger partial charge in [-0.1, -0.05) is 0 Å². The van der Waals surface area contributed by atoms with Crippen molar-refractivity contribution >= 4 is 21.8 Å². The van der Waals surface area contributed by atoms with Crippen LogP contribution in [0.4, 0.5) is 4.39 Å². The fraction of sp³-hybridized carbons (Fsp3) is 0.400. The molecule has 1 aromatic carbocycles. The Hall–Kier alpha value is -2.72. The van der Waals surface area contributed by atoms with E-state index in [-0.39, 0.29) is 29.0 Å². The molecule has 160 valence electrons. The quantitative estimate of drug-likeness (QED) is 0.727. The van der Waals surface area contributed by atoms with Crippen LogP contribution in [0.15, 0.2) is 52.0 Å². The first-order valence-corrected chi connectivity index (χ1v) is 11.2. The molecule has 2 aromatic rings. The number of sulfonamides is 1. The summed E-state index contributed by atoms with van der Waals surface area (Å²) in [5, 5.41) is 0. The zero-order valence-electron chi connectivity index (χ0n) is 16.2. The number of nitrogens with zero attached hydrogens (tertiary/aromatic N) is 3. The SMILES string of the molecule is O=C(c1ccco1)N1CCN(C(=O)C2CCCN2S(=O)(=O)c2ccc(F)cc2)CC1. The Kier molecular flexibility index (Phi) is 5.61. The minimum Gasteiger partial charge on any atom is -0.459 e. The van der Waals surface area contributed by atoms with Crippen LogP contribution in [0.1, 0.15) is 23.4 Å². The maximum absolute atomic E-state index is 13.2. The molecule has 0 spiro atoms. The van der Waals surface area contributed by atoms with E-state index in [9.17, 15) is 22.4 Å². The molecule has 1 aromatic heterocycles. The Morgan fingerprint density at radius 3 is 2.27 bits per heavy atom. The van der Waals surface area contributed by atoms with Gasteiger partial charge in [-0.25, -0.2) is 12.8 Å². The van der Waals surface area contributed by atoms with Crippen LogP contribution in [0.25, 0.3) is 0 Å². The van der Waals surface area contributed by atoms with Gasteiger partial charge in [0.05, 0.1) is 11.2 Å². The molecule has 10 heteroatoms. The van der Waals surface area contributed by atoms with Crippen molar-refractivity contribution in [3.05, 3.63) is 54.2 Å². The van der Waals surface area contributed by atoms with Crippen molar-refractivity contribution in [1.82, 2.24) is 14.1 Å². The van der Waals surface area contributed by atoms with Gasteiger partial charge in [0.1, 0.15) is 11.9 Å². The van der Waals surface area contributed by atoms with Gasteiger partial charge in [-0.3, -0.25) is 9.59 Å². The number of furan rings is 1. The van der Waals surface area contributed by atoms with Gasteiger partial charge in [-0.2, -0.15) is 4.31 Å². The third kappa shape index (κ3) is 3.84. The van der Waals surface area contributed by atoms with Gasteiger partial charge in [0, 0.05) is 32.7 Å². The number of halogens is 1. The molecule has 0 N–H and O–H groups in total. The second-order valence-electron chi connectivity index (χ2n) is 7.32. The van der Waals surface area contributed by atoms with E-state index < -0.39 is 21.9 Å². The van der Waals surface area contributed by atoms with Crippen molar-refractivity contribution in [2.24, 2.45) is 0 Å². The first-order valence-electron chi connectivity index (χ1n) is 9.77. The zero-order chi connectivity index (χ0) is 21.3.